The predicted molar refractivity (Wildman–Crippen MR) is 137 cm³/mol. The molecule has 0 fully saturated rings. The third-order valence-electron chi connectivity index (χ3n) is 6.16. The van der Waals surface area contributed by atoms with Crippen LogP contribution in [0.2, 0.25) is 8.87 Å². The Morgan fingerprint density at radius 3 is 1.33 bits per heavy atom. The van der Waals surface area contributed by atoms with Crippen molar-refractivity contribution in [2.24, 2.45) is 0 Å². The number of rotatable bonds is 10. The second-order valence-electron chi connectivity index (χ2n) is 9.80. The molecule has 0 aromatic heterocycles. The number of hydrogen-bond donors (Lipinski definition) is 0. The van der Waals surface area contributed by atoms with Crippen LogP contribution in [0.4, 0.5) is 0 Å². The molecule has 176 valence electrons. The first-order chi connectivity index (χ1) is 15.5. The van der Waals surface area contributed by atoms with Gasteiger partial charge in [-0.2, -0.15) is 0 Å². The van der Waals surface area contributed by atoms with Gasteiger partial charge in [-0.25, -0.2) is 0 Å². The molecule has 2 aromatic carbocycles. The average Bonchev–Trinajstić information content (AvgIpc) is 2.81. The molecule has 5 heteroatoms. The number of benzene rings is 2. The molecule has 0 aliphatic heterocycles. The third-order valence-corrected chi connectivity index (χ3v) is 19.7. The number of methoxy groups -OCH3 is 2. The molecule has 0 heterocycles. The van der Waals surface area contributed by atoms with Crippen LogP contribution in [0.15, 0.2) is 81.0 Å². The molecule has 4 nitrogen and oxygen atoms in total. The number of carbonyl (C=O) groups excluding carboxylic acids is 2. The van der Waals surface area contributed by atoms with Gasteiger partial charge in [-0.05, 0) is 0 Å². The Morgan fingerprint density at radius 1 is 0.697 bits per heavy atom. The zero-order chi connectivity index (χ0) is 24.5. The summed E-state index contributed by atoms with van der Waals surface area (Å²) >= 11 is -3.54. The van der Waals surface area contributed by atoms with Crippen LogP contribution in [-0.2, 0) is 29.9 Å². The van der Waals surface area contributed by atoms with Gasteiger partial charge >= 0.3 is 203 Å². The minimum atomic E-state index is -3.54. The monoisotopic (exact) mass is 556 g/mol. The fourth-order valence-corrected chi connectivity index (χ4v) is 19.8. The van der Waals surface area contributed by atoms with Gasteiger partial charge in [0.25, 0.3) is 0 Å². The van der Waals surface area contributed by atoms with Crippen LogP contribution in [0, 0.1) is 0 Å². The van der Waals surface area contributed by atoms with Gasteiger partial charge in [0, 0.05) is 0 Å². The molecule has 0 radical (unpaired) electrons. The molecular formula is C28H36O4Sn. The van der Waals surface area contributed by atoms with Crippen molar-refractivity contribution < 1.29 is 19.1 Å². The van der Waals surface area contributed by atoms with Gasteiger partial charge in [-0.15, -0.1) is 0 Å². The second-order valence-corrected chi connectivity index (χ2v) is 20.8. The second kappa shape index (κ2) is 11.7. The molecule has 0 atom stereocenters. The molecule has 2 rings (SSSR count). The molecule has 33 heavy (non-hydrogen) atoms. The number of hydrogen-bond acceptors (Lipinski definition) is 4. The summed E-state index contributed by atoms with van der Waals surface area (Å²) < 4.78 is 15.8. The maximum absolute atomic E-state index is 12.1. The molecule has 0 spiro atoms. The van der Waals surface area contributed by atoms with E-state index in [4.69, 9.17) is 9.47 Å². The normalized spacial score (nSPS) is 12.8. The molecule has 0 unspecified atom stereocenters. The predicted octanol–water partition coefficient (Wildman–Crippen LogP) is 5.93. The standard InChI is InChI=1S/2C10H13.2C4H5O2.Sn/c2*1-10(2,3)9-7-5-4-6-8-9;2*1-3-4(5)6-2;/h2*4-8H,1H2,2-3H3;2*1,3H,2H3;. The molecule has 2 aromatic rings. The quantitative estimate of drug-likeness (QED) is 0.207. The molecule has 0 saturated heterocycles. The first-order valence-electron chi connectivity index (χ1n) is 11.2. The van der Waals surface area contributed by atoms with E-state index in [9.17, 15) is 9.59 Å². The number of carbonyl (C=O) groups is 2. The molecule has 0 bridgehead atoms. The van der Waals surface area contributed by atoms with E-state index in [1.54, 1.807) is 12.2 Å². The van der Waals surface area contributed by atoms with Crippen molar-refractivity contribution in [2.45, 2.75) is 47.4 Å². The molecule has 0 aliphatic rings. The van der Waals surface area contributed by atoms with E-state index in [0.717, 1.165) is 8.87 Å². The van der Waals surface area contributed by atoms with Crippen LogP contribution in [0.1, 0.15) is 38.8 Å². The zero-order valence-corrected chi connectivity index (χ0v) is 23.5. The fraction of sp³-hybridized carbons (Fsp3) is 0.357. The van der Waals surface area contributed by atoms with E-state index in [1.807, 2.05) is 12.1 Å². The molecule has 0 amide bonds. The van der Waals surface area contributed by atoms with Gasteiger partial charge in [0.15, 0.2) is 0 Å². The van der Waals surface area contributed by atoms with Gasteiger partial charge < -0.3 is 0 Å². The van der Waals surface area contributed by atoms with E-state index in [1.165, 1.54) is 25.3 Å². The van der Waals surface area contributed by atoms with Crippen molar-refractivity contribution in [3.8, 4) is 0 Å². The summed E-state index contributed by atoms with van der Waals surface area (Å²) in [6.45, 7) is 8.95. The van der Waals surface area contributed by atoms with Crippen LogP contribution in [0.5, 0.6) is 0 Å². The summed E-state index contributed by atoms with van der Waals surface area (Å²) in [6, 6.07) is 20.8. The van der Waals surface area contributed by atoms with E-state index in [-0.39, 0.29) is 22.8 Å². The van der Waals surface area contributed by atoms with E-state index < -0.39 is 18.4 Å². The summed E-state index contributed by atoms with van der Waals surface area (Å²) in [5.41, 5.74) is 2.18. The average molecular weight is 555 g/mol. The Bertz CT molecular complexity index is 894. The topological polar surface area (TPSA) is 52.6 Å². The maximum atomic E-state index is 12.1. The van der Waals surface area contributed by atoms with Crippen molar-refractivity contribution in [1.29, 1.82) is 0 Å². The van der Waals surface area contributed by atoms with Crippen LogP contribution in [0.3, 0.4) is 0 Å². The number of ether oxygens (including phenoxy) is 2. The van der Waals surface area contributed by atoms with Crippen LogP contribution in [-0.4, -0.2) is 44.5 Å². The van der Waals surface area contributed by atoms with Crippen LogP contribution >= 0.6 is 0 Å². The van der Waals surface area contributed by atoms with E-state index >= 15 is 0 Å². The minimum absolute atomic E-state index is 0.148. The first-order valence-corrected chi connectivity index (χ1v) is 18.5. The van der Waals surface area contributed by atoms with Crippen molar-refractivity contribution in [3.63, 3.8) is 0 Å². The van der Waals surface area contributed by atoms with E-state index in [0.29, 0.717) is 0 Å². The third kappa shape index (κ3) is 7.88. The summed E-state index contributed by atoms with van der Waals surface area (Å²) in [5, 5.41) is 0. The first kappa shape index (κ1) is 26.9. The number of esters is 2. The van der Waals surface area contributed by atoms with Crippen LogP contribution in [0.25, 0.3) is 0 Å². The van der Waals surface area contributed by atoms with E-state index in [2.05, 4.69) is 84.4 Å². The van der Waals surface area contributed by atoms with Gasteiger partial charge in [0.1, 0.15) is 0 Å². The Labute approximate surface area is 202 Å². The van der Waals surface area contributed by atoms with Crippen molar-refractivity contribution in [3.05, 3.63) is 92.1 Å². The van der Waals surface area contributed by atoms with Gasteiger partial charge in [-0.1, -0.05) is 0 Å². The summed E-state index contributed by atoms with van der Waals surface area (Å²) in [5.74, 6) is -0.754. The SMILES string of the molecule is COC(=O)/C=[CH]\[Sn](/[CH]=C\C(=O)OC)([CH2]C(C)(C)c1ccccc1)[CH2]C(C)(C)c1ccccc1. The van der Waals surface area contributed by atoms with Crippen LogP contribution < -0.4 is 0 Å². The Balaban J connectivity index is 2.62. The Kier molecular flexibility index (Phi) is 9.53. The fourth-order valence-electron chi connectivity index (χ4n) is 4.59. The van der Waals surface area contributed by atoms with Crippen molar-refractivity contribution in [1.82, 2.24) is 0 Å². The zero-order valence-electron chi connectivity index (χ0n) is 20.6. The van der Waals surface area contributed by atoms with Crippen molar-refractivity contribution >= 4 is 30.3 Å². The summed E-state index contributed by atoms with van der Waals surface area (Å²) in [7, 11) is 2.77. The van der Waals surface area contributed by atoms with Gasteiger partial charge in [-0.3, -0.25) is 0 Å². The van der Waals surface area contributed by atoms with Gasteiger partial charge in [0.2, 0.25) is 0 Å². The molecular weight excluding hydrogens is 519 g/mol. The van der Waals surface area contributed by atoms with Crippen molar-refractivity contribution in [2.75, 3.05) is 14.2 Å². The molecule has 0 N–H and O–H groups in total. The summed E-state index contributed by atoms with van der Waals surface area (Å²) in [6.07, 6.45) is 3.11. The summed E-state index contributed by atoms with van der Waals surface area (Å²) in [4.78, 5) is 24.3. The Morgan fingerprint density at radius 2 is 1.03 bits per heavy atom. The molecule has 0 aliphatic carbocycles. The van der Waals surface area contributed by atoms with Gasteiger partial charge in [0.05, 0.1) is 0 Å². The Hall–Kier alpha value is -2.34. The molecule has 0 saturated carbocycles.